The number of aromatic amines is 1. The van der Waals surface area contributed by atoms with Gasteiger partial charge in [0.15, 0.2) is 11.6 Å². The summed E-state index contributed by atoms with van der Waals surface area (Å²) in [5, 5.41) is 29.2. The lowest BCUT2D eigenvalue weighted by molar-refractivity contribution is 0.0499. The van der Waals surface area contributed by atoms with Gasteiger partial charge in [0, 0.05) is 4.47 Å². The van der Waals surface area contributed by atoms with Crippen LogP contribution in [0.15, 0.2) is 52.7 Å². The zero-order valence-electron chi connectivity index (χ0n) is 13.2. The molecule has 0 saturated heterocycles. The van der Waals surface area contributed by atoms with Crippen LogP contribution < -0.4 is 0 Å². The average molecular weight is 414 g/mol. The molecule has 3 aromatic rings. The Labute approximate surface area is 156 Å². The van der Waals surface area contributed by atoms with E-state index >= 15 is 0 Å². The second-order valence-electron chi connectivity index (χ2n) is 5.27. The third kappa shape index (κ3) is 3.53. The van der Waals surface area contributed by atoms with Crippen LogP contribution in [0.4, 0.5) is 0 Å². The fourth-order valence-electron chi connectivity index (χ4n) is 2.28. The van der Waals surface area contributed by atoms with E-state index in [1.807, 2.05) is 12.1 Å². The van der Waals surface area contributed by atoms with E-state index in [1.165, 1.54) is 12.1 Å². The van der Waals surface area contributed by atoms with Crippen molar-refractivity contribution in [2.24, 2.45) is 0 Å². The number of nitriles is 1. The normalized spacial score (nSPS) is 11.7. The first-order valence-corrected chi connectivity index (χ1v) is 8.22. The molecule has 26 heavy (non-hydrogen) atoms. The van der Waals surface area contributed by atoms with Gasteiger partial charge in [-0.3, -0.25) is 0 Å². The smallest absolute Gasteiger partial charge is 0.342 e. The number of carbonyl (C=O) groups excluding carboxylic acids is 1. The van der Waals surface area contributed by atoms with E-state index in [0.717, 1.165) is 0 Å². The van der Waals surface area contributed by atoms with Gasteiger partial charge in [-0.1, -0.05) is 28.1 Å². The molecule has 7 nitrogen and oxygen atoms in total. The number of aromatic hydroxyl groups is 1. The highest BCUT2D eigenvalue weighted by atomic mass is 79.9. The number of esters is 1. The molecule has 1 heterocycles. The monoisotopic (exact) mass is 413 g/mol. The van der Waals surface area contributed by atoms with Crippen molar-refractivity contribution in [2.45, 2.75) is 0 Å². The summed E-state index contributed by atoms with van der Waals surface area (Å²) in [4.78, 5) is 19.2. The second kappa shape index (κ2) is 7.29. The molecule has 0 aliphatic carbocycles. The van der Waals surface area contributed by atoms with Crippen LogP contribution in [0.5, 0.6) is 5.75 Å². The number of fused-ring (bicyclic) bond motifs is 1. The number of phenolic OH excluding ortho intramolecular Hbond substituents is 1. The van der Waals surface area contributed by atoms with Crippen molar-refractivity contribution < 1.29 is 19.7 Å². The maximum atomic E-state index is 12.1. The van der Waals surface area contributed by atoms with Crippen LogP contribution in [0.3, 0.4) is 0 Å². The number of allylic oxidation sites excluding steroid dienone is 1. The summed E-state index contributed by atoms with van der Waals surface area (Å²) in [6.07, 6.45) is 0. The van der Waals surface area contributed by atoms with E-state index in [4.69, 9.17) is 4.74 Å². The molecule has 0 aliphatic rings. The van der Waals surface area contributed by atoms with Gasteiger partial charge < -0.3 is 19.9 Å². The number of aliphatic hydroxyl groups excluding tert-OH is 1. The number of rotatable bonds is 4. The number of imidazole rings is 1. The summed E-state index contributed by atoms with van der Waals surface area (Å²) in [6, 6.07) is 13.3. The molecule has 3 N–H and O–H groups in total. The highest BCUT2D eigenvalue weighted by Crippen LogP contribution is 2.23. The number of halogens is 1. The number of para-hydroxylation sites is 2. The standard InChI is InChI=1S/C18H12BrN3O4/c19-10-5-6-15(23)11(7-10)18(25)26-9-16(24)12(8-20)17-21-13-3-1-2-4-14(13)22-17/h1-7,23-24H,9H2,(H,21,22)/b16-12+. The van der Waals surface area contributed by atoms with E-state index in [2.05, 4.69) is 25.9 Å². The number of nitrogens with zero attached hydrogens (tertiary/aromatic N) is 2. The van der Waals surface area contributed by atoms with E-state index in [0.29, 0.717) is 15.5 Å². The third-order valence-electron chi connectivity index (χ3n) is 3.55. The fraction of sp³-hybridized carbons (Fsp3) is 0.0556. The summed E-state index contributed by atoms with van der Waals surface area (Å²) in [7, 11) is 0. The summed E-state index contributed by atoms with van der Waals surface area (Å²) in [5.41, 5.74) is 1.15. The molecule has 0 atom stereocenters. The van der Waals surface area contributed by atoms with Crippen molar-refractivity contribution in [3.05, 3.63) is 64.1 Å². The van der Waals surface area contributed by atoms with Crippen molar-refractivity contribution in [2.75, 3.05) is 6.61 Å². The number of hydrogen-bond acceptors (Lipinski definition) is 6. The lowest BCUT2D eigenvalue weighted by atomic mass is 10.2. The fourth-order valence-corrected chi connectivity index (χ4v) is 2.64. The SMILES string of the molecule is N#C/C(=C(\O)COC(=O)c1cc(Br)ccc1O)c1nc2ccccc2[nH]1. The van der Waals surface area contributed by atoms with Crippen molar-refractivity contribution in [3.63, 3.8) is 0 Å². The first-order chi connectivity index (χ1) is 12.5. The minimum atomic E-state index is -0.836. The molecule has 130 valence electrons. The van der Waals surface area contributed by atoms with Crippen LogP contribution in [-0.2, 0) is 4.74 Å². The van der Waals surface area contributed by atoms with Crippen LogP contribution in [0.1, 0.15) is 16.2 Å². The summed E-state index contributed by atoms with van der Waals surface area (Å²) in [5.74, 6) is -1.36. The Morgan fingerprint density at radius 1 is 1.31 bits per heavy atom. The topological polar surface area (TPSA) is 119 Å². The number of hydrogen-bond donors (Lipinski definition) is 3. The molecule has 0 aliphatic heterocycles. The van der Waals surface area contributed by atoms with Crippen LogP contribution >= 0.6 is 15.9 Å². The Balaban J connectivity index is 1.82. The van der Waals surface area contributed by atoms with Gasteiger partial charge in [-0.25, -0.2) is 9.78 Å². The number of ether oxygens (including phenoxy) is 1. The zero-order chi connectivity index (χ0) is 18.7. The molecule has 0 bridgehead atoms. The van der Waals surface area contributed by atoms with Gasteiger partial charge in [0.05, 0.1) is 11.0 Å². The number of carbonyl (C=O) groups is 1. The van der Waals surface area contributed by atoms with Crippen molar-refractivity contribution in [3.8, 4) is 11.8 Å². The minimum absolute atomic E-state index is 0.0607. The molecular formula is C18H12BrN3O4. The molecule has 2 aromatic carbocycles. The van der Waals surface area contributed by atoms with E-state index in [9.17, 15) is 20.3 Å². The van der Waals surface area contributed by atoms with Gasteiger partial charge in [0.25, 0.3) is 0 Å². The number of aromatic nitrogens is 2. The molecule has 0 unspecified atom stereocenters. The van der Waals surface area contributed by atoms with Gasteiger partial charge in [0.2, 0.25) is 0 Å². The predicted octanol–water partition coefficient (Wildman–Crippen LogP) is 3.68. The molecule has 0 radical (unpaired) electrons. The highest BCUT2D eigenvalue weighted by Gasteiger charge is 2.17. The van der Waals surface area contributed by atoms with Crippen LogP contribution in [0.25, 0.3) is 16.6 Å². The van der Waals surface area contributed by atoms with Crippen molar-refractivity contribution in [1.82, 2.24) is 9.97 Å². The Hall–Kier alpha value is -3.31. The van der Waals surface area contributed by atoms with Gasteiger partial charge in [-0.2, -0.15) is 5.26 Å². The van der Waals surface area contributed by atoms with Gasteiger partial charge >= 0.3 is 5.97 Å². The molecule has 1 aromatic heterocycles. The molecule has 0 amide bonds. The lowest BCUT2D eigenvalue weighted by Gasteiger charge is -2.07. The van der Waals surface area contributed by atoms with Crippen LogP contribution in [0.2, 0.25) is 0 Å². The van der Waals surface area contributed by atoms with Crippen molar-refractivity contribution in [1.29, 1.82) is 5.26 Å². The summed E-state index contributed by atoms with van der Waals surface area (Å²) < 4.78 is 5.57. The number of H-pyrrole nitrogens is 1. The van der Waals surface area contributed by atoms with Crippen LogP contribution in [-0.4, -0.2) is 32.8 Å². The van der Waals surface area contributed by atoms with Gasteiger partial charge in [0.1, 0.15) is 29.6 Å². The molecule has 0 spiro atoms. The van der Waals surface area contributed by atoms with Crippen LogP contribution in [0, 0.1) is 11.3 Å². The predicted molar refractivity (Wildman–Crippen MR) is 97.3 cm³/mol. The zero-order valence-corrected chi connectivity index (χ0v) is 14.8. The minimum Gasteiger partial charge on any atom is -0.507 e. The van der Waals surface area contributed by atoms with E-state index in [1.54, 1.807) is 24.3 Å². The first-order valence-electron chi connectivity index (χ1n) is 7.42. The number of nitrogens with one attached hydrogen (secondary N) is 1. The van der Waals surface area contributed by atoms with Gasteiger partial charge in [-0.05, 0) is 30.3 Å². The number of phenols is 1. The molecule has 3 rings (SSSR count). The third-order valence-corrected chi connectivity index (χ3v) is 4.04. The highest BCUT2D eigenvalue weighted by molar-refractivity contribution is 9.10. The Kier molecular flexibility index (Phi) is 4.91. The van der Waals surface area contributed by atoms with Crippen molar-refractivity contribution >= 4 is 38.5 Å². The van der Waals surface area contributed by atoms with Gasteiger partial charge in [-0.15, -0.1) is 0 Å². The Bertz CT molecular complexity index is 1030. The molecule has 0 fully saturated rings. The maximum absolute atomic E-state index is 12.1. The largest absolute Gasteiger partial charge is 0.507 e. The quantitative estimate of drug-likeness (QED) is 0.341. The number of aliphatic hydroxyl groups is 1. The average Bonchev–Trinajstić information content (AvgIpc) is 3.06. The first kappa shape index (κ1) is 17.5. The Morgan fingerprint density at radius 2 is 2.08 bits per heavy atom. The van der Waals surface area contributed by atoms with E-state index < -0.39 is 18.3 Å². The summed E-state index contributed by atoms with van der Waals surface area (Å²) >= 11 is 3.19. The number of benzene rings is 2. The lowest BCUT2D eigenvalue weighted by Crippen LogP contribution is -2.09. The maximum Gasteiger partial charge on any atom is 0.342 e. The van der Waals surface area contributed by atoms with E-state index in [-0.39, 0.29) is 22.7 Å². The molecule has 0 saturated carbocycles. The molecular weight excluding hydrogens is 402 g/mol. The molecule has 8 heteroatoms. The Morgan fingerprint density at radius 3 is 2.81 bits per heavy atom. The second-order valence-corrected chi connectivity index (χ2v) is 6.19. The summed E-state index contributed by atoms with van der Waals surface area (Å²) in [6.45, 7) is -0.537.